The largest absolute Gasteiger partial charge is 0.496 e. The lowest BCUT2D eigenvalue weighted by Gasteiger charge is -2.10. The van der Waals surface area contributed by atoms with E-state index >= 15 is 0 Å². The number of aryl methyl sites for hydroxylation is 1. The van der Waals surface area contributed by atoms with Crippen molar-refractivity contribution in [1.29, 1.82) is 0 Å². The number of H-pyrrole nitrogens is 1. The van der Waals surface area contributed by atoms with Crippen molar-refractivity contribution in [3.63, 3.8) is 0 Å². The first-order valence-corrected chi connectivity index (χ1v) is 8.61. The molecule has 0 aliphatic heterocycles. The number of rotatable bonds is 6. The van der Waals surface area contributed by atoms with Crippen molar-refractivity contribution in [2.75, 3.05) is 7.11 Å². The number of nitrogens with one attached hydrogen (secondary N) is 1. The van der Waals surface area contributed by atoms with Gasteiger partial charge in [0.1, 0.15) is 5.75 Å². The fraction of sp³-hybridized carbons (Fsp3) is 0.222. The summed E-state index contributed by atoms with van der Waals surface area (Å²) in [5.41, 5.74) is 3.13. The fourth-order valence-electron chi connectivity index (χ4n) is 2.48. The van der Waals surface area contributed by atoms with E-state index in [1.807, 2.05) is 49.4 Å². The number of nitrogens with zero attached hydrogens (tertiary/aromatic N) is 2. The summed E-state index contributed by atoms with van der Waals surface area (Å²) in [6.07, 6.45) is 0. The van der Waals surface area contributed by atoms with Gasteiger partial charge in [0.05, 0.1) is 13.7 Å². The van der Waals surface area contributed by atoms with E-state index in [9.17, 15) is 4.79 Å². The van der Waals surface area contributed by atoms with Crippen molar-refractivity contribution in [2.45, 2.75) is 24.4 Å². The summed E-state index contributed by atoms with van der Waals surface area (Å²) in [6, 6.07) is 16.0. The number of aromatic amines is 1. The summed E-state index contributed by atoms with van der Waals surface area (Å²) in [4.78, 5) is 12.0. The molecule has 0 unspecified atom stereocenters. The van der Waals surface area contributed by atoms with Crippen molar-refractivity contribution in [2.24, 2.45) is 0 Å². The number of hydrogen-bond acceptors (Lipinski definition) is 4. The third-order valence-electron chi connectivity index (χ3n) is 3.70. The van der Waals surface area contributed by atoms with E-state index in [0.29, 0.717) is 17.5 Å². The first kappa shape index (κ1) is 16.4. The van der Waals surface area contributed by atoms with Crippen LogP contribution in [-0.4, -0.2) is 21.9 Å². The Balaban J connectivity index is 1.79. The smallest absolute Gasteiger partial charge is 0.344 e. The summed E-state index contributed by atoms with van der Waals surface area (Å²) in [5.74, 6) is 1.53. The van der Waals surface area contributed by atoms with Gasteiger partial charge in [-0.15, -0.1) is 5.10 Å². The first-order valence-electron chi connectivity index (χ1n) is 7.63. The second-order valence-corrected chi connectivity index (χ2v) is 6.43. The van der Waals surface area contributed by atoms with Crippen molar-refractivity contribution >= 4 is 11.8 Å². The van der Waals surface area contributed by atoms with Crippen LogP contribution >= 0.6 is 11.8 Å². The molecule has 6 heteroatoms. The zero-order valence-electron chi connectivity index (χ0n) is 13.7. The van der Waals surface area contributed by atoms with E-state index in [-0.39, 0.29) is 5.69 Å². The fourth-order valence-corrected chi connectivity index (χ4v) is 3.40. The molecule has 3 aromatic rings. The zero-order chi connectivity index (χ0) is 16.9. The average Bonchev–Trinajstić information content (AvgIpc) is 2.94. The third-order valence-corrected chi connectivity index (χ3v) is 4.72. The molecule has 0 aliphatic carbocycles. The minimum absolute atomic E-state index is 0.197. The quantitative estimate of drug-likeness (QED) is 0.699. The van der Waals surface area contributed by atoms with Crippen LogP contribution in [0.2, 0.25) is 0 Å². The lowest BCUT2D eigenvalue weighted by Crippen LogP contribution is -2.18. The van der Waals surface area contributed by atoms with Gasteiger partial charge in [-0.3, -0.25) is 4.57 Å². The average molecular weight is 341 g/mol. The molecule has 0 saturated heterocycles. The standard InChI is InChI=1S/C18H19N3O2S/c1-13-8-9-16(23-2)15(10-13)12-24-18-20-19-17(22)21(18)11-14-6-4-3-5-7-14/h3-10H,11-12H2,1-2H3,(H,19,22). The number of ether oxygens (including phenoxy) is 1. The summed E-state index contributed by atoms with van der Waals surface area (Å²) in [6.45, 7) is 2.55. The van der Waals surface area contributed by atoms with Crippen molar-refractivity contribution < 1.29 is 4.74 Å². The number of aromatic nitrogens is 3. The van der Waals surface area contributed by atoms with Gasteiger partial charge in [-0.2, -0.15) is 0 Å². The van der Waals surface area contributed by atoms with Gasteiger partial charge >= 0.3 is 5.69 Å². The van der Waals surface area contributed by atoms with E-state index in [1.54, 1.807) is 11.7 Å². The molecule has 0 amide bonds. The van der Waals surface area contributed by atoms with Gasteiger partial charge in [0.2, 0.25) is 0 Å². The molecule has 124 valence electrons. The summed E-state index contributed by atoms with van der Waals surface area (Å²) < 4.78 is 7.06. The Morgan fingerprint density at radius 2 is 2.00 bits per heavy atom. The van der Waals surface area contributed by atoms with Gasteiger partial charge in [-0.25, -0.2) is 9.89 Å². The van der Waals surface area contributed by atoms with Gasteiger partial charge in [0.15, 0.2) is 5.16 Å². The van der Waals surface area contributed by atoms with Crippen molar-refractivity contribution in [3.8, 4) is 5.75 Å². The van der Waals surface area contributed by atoms with Gasteiger partial charge in [-0.05, 0) is 18.6 Å². The van der Waals surface area contributed by atoms with Crippen LogP contribution in [0.4, 0.5) is 0 Å². The van der Waals surface area contributed by atoms with Crippen molar-refractivity contribution in [1.82, 2.24) is 14.8 Å². The predicted molar refractivity (Wildman–Crippen MR) is 95.7 cm³/mol. The lowest BCUT2D eigenvalue weighted by atomic mass is 10.1. The summed E-state index contributed by atoms with van der Waals surface area (Å²) >= 11 is 1.52. The van der Waals surface area contributed by atoms with Crippen LogP contribution < -0.4 is 10.4 Å². The van der Waals surface area contributed by atoms with Crippen LogP contribution in [0.1, 0.15) is 16.7 Å². The van der Waals surface area contributed by atoms with Gasteiger partial charge in [0, 0.05) is 11.3 Å². The first-order chi connectivity index (χ1) is 11.7. The van der Waals surface area contributed by atoms with E-state index < -0.39 is 0 Å². The zero-order valence-corrected chi connectivity index (χ0v) is 14.5. The number of thioether (sulfide) groups is 1. The Hall–Kier alpha value is -2.47. The summed E-state index contributed by atoms with van der Waals surface area (Å²) in [5, 5.41) is 7.37. The molecule has 1 N–H and O–H groups in total. The maximum absolute atomic E-state index is 12.0. The Morgan fingerprint density at radius 1 is 1.21 bits per heavy atom. The Morgan fingerprint density at radius 3 is 2.75 bits per heavy atom. The molecule has 5 nitrogen and oxygen atoms in total. The highest BCUT2D eigenvalue weighted by atomic mass is 32.2. The van der Waals surface area contributed by atoms with Crippen LogP contribution in [0.25, 0.3) is 0 Å². The topological polar surface area (TPSA) is 59.9 Å². The molecule has 0 atom stereocenters. The highest BCUT2D eigenvalue weighted by Crippen LogP contribution is 2.27. The van der Waals surface area contributed by atoms with E-state index in [1.165, 1.54) is 17.3 Å². The van der Waals surface area contributed by atoms with Crippen LogP contribution in [0, 0.1) is 6.92 Å². The molecule has 1 heterocycles. The SMILES string of the molecule is COc1ccc(C)cc1CSc1n[nH]c(=O)n1Cc1ccccc1. The molecule has 1 aromatic heterocycles. The predicted octanol–water partition coefficient (Wildman–Crippen LogP) is 3.23. The molecular weight excluding hydrogens is 322 g/mol. The van der Waals surface area contributed by atoms with E-state index in [0.717, 1.165) is 16.9 Å². The Bertz CT molecular complexity index is 871. The number of methoxy groups -OCH3 is 1. The molecule has 0 bridgehead atoms. The van der Waals surface area contributed by atoms with Gasteiger partial charge in [-0.1, -0.05) is 59.8 Å². The van der Waals surface area contributed by atoms with Crippen molar-refractivity contribution in [3.05, 3.63) is 75.7 Å². The third kappa shape index (κ3) is 3.71. The lowest BCUT2D eigenvalue weighted by molar-refractivity contribution is 0.411. The molecule has 0 saturated carbocycles. The van der Waals surface area contributed by atoms with Crippen LogP contribution in [0.5, 0.6) is 5.75 Å². The normalized spacial score (nSPS) is 10.8. The maximum Gasteiger partial charge on any atom is 0.344 e. The highest BCUT2D eigenvalue weighted by molar-refractivity contribution is 7.98. The van der Waals surface area contributed by atoms with Gasteiger partial charge in [0.25, 0.3) is 0 Å². The Labute approximate surface area is 144 Å². The molecule has 0 spiro atoms. The molecule has 24 heavy (non-hydrogen) atoms. The van der Waals surface area contributed by atoms with Crippen LogP contribution in [-0.2, 0) is 12.3 Å². The minimum Gasteiger partial charge on any atom is -0.496 e. The second-order valence-electron chi connectivity index (χ2n) is 5.49. The molecule has 0 radical (unpaired) electrons. The number of hydrogen-bond donors (Lipinski definition) is 1. The summed E-state index contributed by atoms with van der Waals surface area (Å²) in [7, 11) is 1.67. The second kappa shape index (κ2) is 7.40. The number of benzene rings is 2. The van der Waals surface area contributed by atoms with E-state index in [2.05, 4.69) is 16.3 Å². The molecular formula is C18H19N3O2S. The molecule has 2 aromatic carbocycles. The van der Waals surface area contributed by atoms with E-state index in [4.69, 9.17) is 4.74 Å². The molecule has 0 fully saturated rings. The van der Waals surface area contributed by atoms with Gasteiger partial charge < -0.3 is 4.74 Å². The molecule has 0 aliphatic rings. The van der Waals surface area contributed by atoms with Crippen LogP contribution in [0.3, 0.4) is 0 Å². The maximum atomic E-state index is 12.0. The monoisotopic (exact) mass is 341 g/mol. The van der Waals surface area contributed by atoms with Crippen LogP contribution in [0.15, 0.2) is 58.5 Å². The Kier molecular flexibility index (Phi) is 5.05. The molecule has 3 rings (SSSR count). The highest BCUT2D eigenvalue weighted by Gasteiger charge is 2.11. The minimum atomic E-state index is -0.197.